The van der Waals surface area contributed by atoms with Crippen LogP contribution in [0, 0.1) is 0 Å². The fourth-order valence-corrected chi connectivity index (χ4v) is 2.92. The molecule has 1 N–H and O–H groups in total. The van der Waals surface area contributed by atoms with Crippen LogP contribution < -0.4 is 0 Å². The number of aromatic hydroxyl groups is 1. The lowest BCUT2D eigenvalue weighted by Gasteiger charge is -2.17. The van der Waals surface area contributed by atoms with E-state index in [0.717, 1.165) is 18.4 Å². The third-order valence-electron chi connectivity index (χ3n) is 4.23. The van der Waals surface area contributed by atoms with E-state index >= 15 is 0 Å². The smallest absolute Gasteiger partial charge is 0.170 e. The second-order valence-corrected chi connectivity index (χ2v) is 5.90. The van der Waals surface area contributed by atoms with E-state index < -0.39 is 0 Å². The summed E-state index contributed by atoms with van der Waals surface area (Å²) in [6.45, 7) is 0. The lowest BCUT2D eigenvalue weighted by Crippen LogP contribution is -2.14. The molecule has 0 aliphatic rings. The van der Waals surface area contributed by atoms with Gasteiger partial charge in [0.25, 0.3) is 0 Å². The first-order valence-electron chi connectivity index (χ1n) is 8.16. The minimum atomic E-state index is -0.184. The van der Waals surface area contributed by atoms with E-state index in [1.807, 2.05) is 48.5 Å². The summed E-state index contributed by atoms with van der Waals surface area (Å²) < 4.78 is 0. The van der Waals surface area contributed by atoms with Crippen LogP contribution in [0.1, 0.15) is 33.8 Å². The summed E-state index contributed by atoms with van der Waals surface area (Å²) in [7, 11) is 0. The van der Waals surface area contributed by atoms with Gasteiger partial charge < -0.3 is 5.11 Å². The van der Waals surface area contributed by atoms with Crippen molar-refractivity contribution in [2.75, 3.05) is 0 Å². The monoisotopic (exact) mass is 316 g/mol. The van der Waals surface area contributed by atoms with Gasteiger partial charge in [0.05, 0.1) is 0 Å². The second kappa shape index (κ2) is 7.60. The number of aryl methyl sites for hydroxylation is 1. The molecule has 3 aromatic rings. The third kappa shape index (κ3) is 3.90. The van der Waals surface area contributed by atoms with Gasteiger partial charge >= 0.3 is 0 Å². The molecule has 0 spiro atoms. The fraction of sp³-hybridized carbons (Fsp3) is 0.136. The van der Waals surface area contributed by atoms with Crippen LogP contribution >= 0.6 is 0 Å². The van der Waals surface area contributed by atoms with Gasteiger partial charge in [-0.15, -0.1) is 0 Å². The fourth-order valence-electron chi connectivity index (χ4n) is 2.92. The molecule has 0 aromatic heterocycles. The van der Waals surface area contributed by atoms with Crippen molar-refractivity contribution in [1.29, 1.82) is 0 Å². The molecule has 0 saturated heterocycles. The summed E-state index contributed by atoms with van der Waals surface area (Å²) in [6.07, 6.45) is 1.61. The van der Waals surface area contributed by atoms with Crippen molar-refractivity contribution in [3.05, 3.63) is 102 Å². The van der Waals surface area contributed by atoms with Crippen molar-refractivity contribution in [3.63, 3.8) is 0 Å². The number of hydrogen-bond donors (Lipinski definition) is 1. The van der Waals surface area contributed by atoms with Gasteiger partial charge in [-0.3, -0.25) is 4.79 Å². The Labute approximate surface area is 142 Å². The number of phenols is 1. The first kappa shape index (κ1) is 16.0. The number of carbonyl (C=O) groups is 1. The largest absolute Gasteiger partial charge is 0.508 e. The van der Waals surface area contributed by atoms with Crippen molar-refractivity contribution in [2.45, 2.75) is 18.8 Å². The van der Waals surface area contributed by atoms with Gasteiger partial charge in [0.2, 0.25) is 0 Å². The molecule has 1 unspecified atom stereocenters. The SMILES string of the molecule is O=C(c1ccc(O)cc1)C(CCc1ccccc1)c1ccccc1. The average molecular weight is 316 g/mol. The van der Waals surface area contributed by atoms with Crippen LogP contribution in [0.5, 0.6) is 5.75 Å². The maximum absolute atomic E-state index is 13.0. The number of benzene rings is 3. The number of phenolic OH excluding ortho intramolecular Hbond substituents is 1. The van der Waals surface area contributed by atoms with Crippen molar-refractivity contribution >= 4 is 5.78 Å². The molecule has 2 nitrogen and oxygen atoms in total. The van der Waals surface area contributed by atoms with E-state index in [9.17, 15) is 9.90 Å². The first-order valence-corrected chi connectivity index (χ1v) is 8.16. The molecule has 24 heavy (non-hydrogen) atoms. The maximum Gasteiger partial charge on any atom is 0.170 e. The lowest BCUT2D eigenvalue weighted by atomic mass is 9.86. The van der Waals surface area contributed by atoms with Gasteiger partial charge in [-0.05, 0) is 48.2 Å². The van der Waals surface area contributed by atoms with Crippen LogP contribution in [0.15, 0.2) is 84.9 Å². The Kier molecular flexibility index (Phi) is 5.07. The Morgan fingerprint density at radius 1 is 0.792 bits per heavy atom. The molecule has 0 radical (unpaired) electrons. The normalized spacial score (nSPS) is 11.8. The zero-order valence-electron chi connectivity index (χ0n) is 13.4. The van der Waals surface area contributed by atoms with Crippen LogP contribution in [0.4, 0.5) is 0 Å². The van der Waals surface area contributed by atoms with Gasteiger partial charge in [-0.25, -0.2) is 0 Å². The number of ketones is 1. The van der Waals surface area contributed by atoms with Gasteiger partial charge in [0.15, 0.2) is 5.78 Å². The second-order valence-electron chi connectivity index (χ2n) is 5.90. The van der Waals surface area contributed by atoms with Gasteiger partial charge in [-0.2, -0.15) is 0 Å². The van der Waals surface area contributed by atoms with Crippen LogP contribution in [-0.4, -0.2) is 10.9 Å². The van der Waals surface area contributed by atoms with E-state index in [-0.39, 0.29) is 17.5 Å². The van der Waals surface area contributed by atoms with Gasteiger partial charge in [-0.1, -0.05) is 60.7 Å². The number of carbonyl (C=O) groups excluding carboxylic acids is 1. The van der Waals surface area contributed by atoms with Crippen LogP contribution in [0.25, 0.3) is 0 Å². The van der Waals surface area contributed by atoms with E-state index in [0.29, 0.717) is 5.56 Å². The topological polar surface area (TPSA) is 37.3 Å². The highest BCUT2D eigenvalue weighted by Crippen LogP contribution is 2.27. The standard InChI is InChI=1S/C22H20O2/c23-20-14-12-19(13-15-20)22(24)21(18-9-5-2-6-10-18)16-11-17-7-3-1-4-8-17/h1-10,12-15,21,23H,11,16H2. The van der Waals surface area contributed by atoms with Crippen LogP contribution in [0.2, 0.25) is 0 Å². The van der Waals surface area contributed by atoms with Crippen molar-refractivity contribution in [1.82, 2.24) is 0 Å². The molecule has 120 valence electrons. The third-order valence-corrected chi connectivity index (χ3v) is 4.23. The molecule has 0 amide bonds. The summed E-state index contributed by atoms with van der Waals surface area (Å²) in [5.74, 6) is 0.0835. The van der Waals surface area contributed by atoms with Gasteiger partial charge in [0.1, 0.15) is 5.75 Å². The number of rotatable bonds is 6. The molecular weight excluding hydrogens is 296 g/mol. The Morgan fingerprint density at radius 3 is 2.00 bits per heavy atom. The predicted molar refractivity (Wildman–Crippen MR) is 96.4 cm³/mol. The minimum Gasteiger partial charge on any atom is -0.508 e. The Bertz CT molecular complexity index is 777. The molecule has 0 saturated carbocycles. The summed E-state index contributed by atoms with van der Waals surface area (Å²) in [6, 6.07) is 26.6. The lowest BCUT2D eigenvalue weighted by molar-refractivity contribution is 0.0955. The first-order chi connectivity index (χ1) is 11.7. The quantitative estimate of drug-likeness (QED) is 0.650. The van der Waals surface area contributed by atoms with Crippen LogP contribution in [0.3, 0.4) is 0 Å². The van der Waals surface area contributed by atoms with Crippen molar-refractivity contribution in [2.24, 2.45) is 0 Å². The molecule has 0 bridgehead atoms. The summed E-state index contributed by atoms with van der Waals surface area (Å²) >= 11 is 0. The number of hydrogen-bond acceptors (Lipinski definition) is 2. The van der Waals surface area contributed by atoms with Crippen molar-refractivity contribution < 1.29 is 9.90 Å². The molecule has 3 aromatic carbocycles. The van der Waals surface area contributed by atoms with E-state index in [4.69, 9.17) is 0 Å². The summed E-state index contributed by atoms with van der Waals surface area (Å²) in [5.41, 5.74) is 2.90. The Morgan fingerprint density at radius 2 is 1.38 bits per heavy atom. The average Bonchev–Trinajstić information content (AvgIpc) is 2.64. The summed E-state index contributed by atoms with van der Waals surface area (Å²) in [5, 5.41) is 9.43. The van der Waals surface area contributed by atoms with Crippen molar-refractivity contribution in [3.8, 4) is 5.75 Å². The molecule has 0 aliphatic carbocycles. The summed E-state index contributed by atoms with van der Waals surface area (Å²) in [4.78, 5) is 13.0. The Balaban J connectivity index is 1.84. The zero-order chi connectivity index (χ0) is 16.8. The highest BCUT2D eigenvalue weighted by molar-refractivity contribution is 6.01. The Hall–Kier alpha value is -2.87. The molecule has 1 atom stereocenters. The highest BCUT2D eigenvalue weighted by Gasteiger charge is 2.21. The predicted octanol–water partition coefficient (Wildman–Crippen LogP) is 4.99. The number of Topliss-reactive ketones (excluding diaryl/α,β-unsaturated/α-hetero) is 1. The van der Waals surface area contributed by atoms with E-state index in [2.05, 4.69) is 12.1 Å². The molecule has 0 aliphatic heterocycles. The molecule has 2 heteroatoms. The molecule has 3 rings (SSSR count). The van der Waals surface area contributed by atoms with E-state index in [1.165, 1.54) is 5.56 Å². The molecule has 0 fully saturated rings. The minimum absolute atomic E-state index is 0.0946. The van der Waals surface area contributed by atoms with Crippen LogP contribution in [-0.2, 0) is 6.42 Å². The molecule has 0 heterocycles. The highest BCUT2D eigenvalue weighted by atomic mass is 16.3. The maximum atomic E-state index is 13.0. The van der Waals surface area contributed by atoms with Gasteiger partial charge in [0, 0.05) is 11.5 Å². The zero-order valence-corrected chi connectivity index (χ0v) is 13.4. The van der Waals surface area contributed by atoms with E-state index in [1.54, 1.807) is 24.3 Å². The molecular formula is C22H20O2.